The lowest BCUT2D eigenvalue weighted by atomic mass is 10.1. The second kappa shape index (κ2) is 11.8. The molecule has 1 aliphatic heterocycles. The van der Waals surface area contributed by atoms with Crippen LogP contribution in [0.1, 0.15) is 35.9 Å². The average molecular weight is 603 g/mol. The van der Waals surface area contributed by atoms with Gasteiger partial charge < -0.3 is 10.2 Å². The lowest BCUT2D eigenvalue weighted by Gasteiger charge is -2.18. The summed E-state index contributed by atoms with van der Waals surface area (Å²) in [5, 5.41) is 12.0. The number of carbonyl (C=O) groups is 2. The monoisotopic (exact) mass is 602 g/mol. The molecule has 1 aliphatic rings. The van der Waals surface area contributed by atoms with E-state index in [1.165, 1.54) is 17.9 Å². The number of hydrogen-bond donors (Lipinski definition) is 1. The third-order valence-corrected chi connectivity index (χ3v) is 6.99. The molecule has 3 heterocycles. The zero-order valence-corrected chi connectivity index (χ0v) is 23.1. The van der Waals surface area contributed by atoms with Crippen LogP contribution in [-0.4, -0.2) is 71.1 Å². The second-order valence-corrected chi connectivity index (χ2v) is 10.3. The molecule has 0 unspecified atom stereocenters. The fourth-order valence-corrected chi connectivity index (χ4v) is 4.92. The van der Waals surface area contributed by atoms with Gasteiger partial charge in [0, 0.05) is 43.2 Å². The number of alkyl halides is 3. The molecule has 1 N–H and O–H groups in total. The van der Waals surface area contributed by atoms with Crippen LogP contribution in [-0.2, 0) is 17.9 Å². The molecule has 15 heteroatoms. The maximum atomic E-state index is 13.3. The predicted molar refractivity (Wildman–Crippen MR) is 146 cm³/mol. The van der Waals surface area contributed by atoms with Crippen LogP contribution in [0.2, 0.25) is 5.02 Å². The van der Waals surface area contributed by atoms with Gasteiger partial charge >= 0.3 is 11.9 Å². The van der Waals surface area contributed by atoms with Crippen LogP contribution in [0.4, 0.5) is 13.2 Å². The number of halogens is 4. The minimum absolute atomic E-state index is 0.0551. The SMILES string of the molecule is CC(=O)N[C@@H]1CCN(C(=O)c2ccccc2-n2cnc(Cn3nc(-c4ccc(Cl)cc4)n(CCC(F)(F)F)c3=O)n2)C1. The van der Waals surface area contributed by atoms with Crippen molar-refractivity contribution in [3.8, 4) is 17.1 Å². The minimum Gasteiger partial charge on any atom is -0.352 e. The highest BCUT2D eigenvalue weighted by Crippen LogP contribution is 2.24. The maximum absolute atomic E-state index is 13.3. The van der Waals surface area contributed by atoms with Crippen LogP contribution in [0.3, 0.4) is 0 Å². The summed E-state index contributed by atoms with van der Waals surface area (Å²) in [6, 6.07) is 12.9. The Morgan fingerprint density at radius 3 is 2.55 bits per heavy atom. The number of benzene rings is 2. The van der Waals surface area contributed by atoms with E-state index in [-0.39, 0.29) is 36.0 Å². The van der Waals surface area contributed by atoms with Crippen LogP contribution in [0, 0.1) is 0 Å². The van der Waals surface area contributed by atoms with Gasteiger partial charge in [-0.2, -0.15) is 13.2 Å². The minimum atomic E-state index is -4.47. The summed E-state index contributed by atoms with van der Waals surface area (Å²) in [6.07, 6.45) is -3.65. The molecule has 0 bridgehead atoms. The van der Waals surface area contributed by atoms with Crippen molar-refractivity contribution < 1.29 is 22.8 Å². The summed E-state index contributed by atoms with van der Waals surface area (Å²) < 4.78 is 42.4. The number of amides is 2. The van der Waals surface area contributed by atoms with Gasteiger partial charge in [-0.25, -0.2) is 19.1 Å². The quantitative estimate of drug-likeness (QED) is 0.331. The third kappa shape index (κ3) is 6.54. The van der Waals surface area contributed by atoms with Crippen molar-refractivity contribution in [1.82, 2.24) is 39.3 Å². The molecule has 2 aromatic heterocycles. The van der Waals surface area contributed by atoms with Gasteiger partial charge in [0.2, 0.25) is 5.91 Å². The molecule has 1 atom stereocenters. The summed E-state index contributed by atoms with van der Waals surface area (Å²) >= 11 is 5.95. The van der Waals surface area contributed by atoms with Crippen molar-refractivity contribution in [2.75, 3.05) is 13.1 Å². The first-order valence-corrected chi connectivity index (χ1v) is 13.4. The first-order chi connectivity index (χ1) is 20.0. The van der Waals surface area contributed by atoms with E-state index >= 15 is 0 Å². The number of aromatic nitrogens is 6. The van der Waals surface area contributed by atoms with Gasteiger partial charge in [0.1, 0.15) is 12.9 Å². The second-order valence-electron chi connectivity index (χ2n) is 9.85. The number of carbonyl (C=O) groups excluding carboxylic acids is 2. The van der Waals surface area contributed by atoms with Gasteiger partial charge in [0.05, 0.1) is 17.7 Å². The van der Waals surface area contributed by atoms with Crippen LogP contribution in [0.5, 0.6) is 0 Å². The molecule has 2 amide bonds. The van der Waals surface area contributed by atoms with Crippen molar-refractivity contribution in [1.29, 1.82) is 0 Å². The van der Waals surface area contributed by atoms with Gasteiger partial charge in [0.15, 0.2) is 11.6 Å². The lowest BCUT2D eigenvalue weighted by molar-refractivity contribution is -0.136. The van der Waals surface area contributed by atoms with Crippen molar-refractivity contribution in [2.24, 2.45) is 0 Å². The molecule has 4 aromatic rings. The Bertz CT molecular complexity index is 1660. The molecular formula is C27H26ClF3N8O3. The molecule has 0 saturated carbocycles. The van der Waals surface area contributed by atoms with E-state index in [4.69, 9.17) is 11.6 Å². The molecule has 5 rings (SSSR count). The Balaban J connectivity index is 1.40. The Morgan fingerprint density at radius 2 is 1.83 bits per heavy atom. The molecule has 0 radical (unpaired) electrons. The summed E-state index contributed by atoms with van der Waals surface area (Å²) in [5.74, 6) is -0.175. The van der Waals surface area contributed by atoms with E-state index < -0.39 is 24.8 Å². The van der Waals surface area contributed by atoms with Gasteiger partial charge in [0.25, 0.3) is 5.91 Å². The van der Waals surface area contributed by atoms with Crippen molar-refractivity contribution in [2.45, 2.75) is 45.1 Å². The van der Waals surface area contributed by atoms with Gasteiger partial charge in [-0.05, 0) is 42.8 Å². The van der Waals surface area contributed by atoms with Gasteiger partial charge in [-0.1, -0.05) is 23.7 Å². The number of likely N-dealkylation sites (tertiary alicyclic amines) is 1. The molecule has 0 aliphatic carbocycles. The smallest absolute Gasteiger partial charge is 0.352 e. The number of rotatable bonds is 8. The zero-order chi connectivity index (χ0) is 30.0. The molecule has 2 aromatic carbocycles. The average Bonchev–Trinajstić information content (AvgIpc) is 3.67. The Hall–Kier alpha value is -4.46. The van der Waals surface area contributed by atoms with E-state index in [1.54, 1.807) is 53.4 Å². The normalized spacial score (nSPS) is 15.3. The van der Waals surface area contributed by atoms with Crippen molar-refractivity contribution >= 4 is 23.4 Å². The predicted octanol–water partition coefficient (Wildman–Crippen LogP) is 3.30. The summed E-state index contributed by atoms with van der Waals surface area (Å²) in [5.41, 5.74) is 0.495. The van der Waals surface area contributed by atoms with E-state index in [0.29, 0.717) is 41.3 Å². The number of hydrogen-bond acceptors (Lipinski definition) is 6. The molecular weight excluding hydrogens is 577 g/mol. The number of para-hydroxylation sites is 1. The molecule has 1 saturated heterocycles. The highest BCUT2D eigenvalue weighted by atomic mass is 35.5. The van der Waals surface area contributed by atoms with Crippen LogP contribution < -0.4 is 11.0 Å². The Kier molecular flexibility index (Phi) is 8.16. The molecule has 0 spiro atoms. The molecule has 220 valence electrons. The third-order valence-electron chi connectivity index (χ3n) is 6.74. The molecule has 11 nitrogen and oxygen atoms in total. The van der Waals surface area contributed by atoms with E-state index in [0.717, 1.165) is 9.25 Å². The summed E-state index contributed by atoms with van der Waals surface area (Å²) in [7, 11) is 0. The van der Waals surface area contributed by atoms with Crippen LogP contribution in [0.25, 0.3) is 17.1 Å². The van der Waals surface area contributed by atoms with Gasteiger partial charge in [-0.15, -0.1) is 10.2 Å². The largest absolute Gasteiger partial charge is 0.390 e. The lowest BCUT2D eigenvalue weighted by Crippen LogP contribution is -2.37. The van der Waals surface area contributed by atoms with E-state index in [1.807, 2.05) is 0 Å². The molecule has 1 fully saturated rings. The standard InChI is InChI=1S/C27H26ClF3N8O3/c1-17(40)33-20-10-12-36(14-20)25(41)21-4-2-3-5-22(21)39-16-32-23(34-39)15-38-26(42)37(13-11-27(29,30)31)24(35-38)18-6-8-19(28)9-7-18/h2-9,16,20H,10-15H2,1H3,(H,33,40)/t20-/m1/s1. The summed E-state index contributed by atoms with van der Waals surface area (Å²) in [6.45, 7) is 1.46. The first-order valence-electron chi connectivity index (χ1n) is 13.0. The highest BCUT2D eigenvalue weighted by molar-refractivity contribution is 6.30. The van der Waals surface area contributed by atoms with Crippen molar-refractivity contribution in [3.63, 3.8) is 0 Å². The zero-order valence-electron chi connectivity index (χ0n) is 22.4. The van der Waals surface area contributed by atoms with Crippen molar-refractivity contribution in [3.05, 3.63) is 81.8 Å². The van der Waals surface area contributed by atoms with E-state index in [2.05, 4.69) is 20.5 Å². The van der Waals surface area contributed by atoms with E-state index in [9.17, 15) is 27.6 Å². The topological polar surface area (TPSA) is 120 Å². The van der Waals surface area contributed by atoms with Crippen LogP contribution >= 0.6 is 11.6 Å². The van der Waals surface area contributed by atoms with Gasteiger partial charge in [-0.3, -0.25) is 14.2 Å². The maximum Gasteiger partial charge on any atom is 0.390 e. The number of nitrogens with one attached hydrogen (secondary N) is 1. The first kappa shape index (κ1) is 29.0. The fraction of sp³-hybridized carbons (Fsp3) is 0.333. The Morgan fingerprint density at radius 1 is 1.10 bits per heavy atom. The Labute approximate surface area is 242 Å². The number of nitrogens with zero attached hydrogens (tertiary/aromatic N) is 7. The summed E-state index contributed by atoms with van der Waals surface area (Å²) in [4.78, 5) is 43.8. The van der Waals surface area contributed by atoms with Crippen LogP contribution in [0.15, 0.2) is 59.7 Å². The molecule has 42 heavy (non-hydrogen) atoms. The fourth-order valence-electron chi connectivity index (χ4n) is 4.79. The highest BCUT2D eigenvalue weighted by Gasteiger charge is 2.30.